The highest BCUT2D eigenvalue weighted by atomic mass is 19.1. The summed E-state index contributed by atoms with van der Waals surface area (Å²) < 4.78 is 32.4. The third-order valence-corrected chi connectivity index (χ3v) is 4.01. The zero-order valence-corrected chi connectivity index (χ0v) is 12.1. The van der Waals surface area contributed by atoms with Crippen molar-refractivity contribution in [2.45, 2.75) is 32.2 Å². The van der Waals surface area contributed by atoms with Crippen LogP contribution in [0.4, 0.5) is 8.78 Å². The molecule has 2 nitrogen and oxygen atoms in total. The summed E-state index contributed by atoms with van der Waals surface area (Å²) in [6.07, 6.45) is 4.50. The van der Waals surface area contributed by atoms with Crippen molar-refractivity contribution in [2.75, 3.05) is 26.8 Å². The number of rotatable bonds is 6. The van der Waals surface area contributed by atoms with Gasteiger partial charge in [-0.25, -0.2) is 8.78 Å². The fourth-order valence-corrected chi connectivity index (χ4v) is 2.95. The van der Waals surface area contributed by atoms with Gasteiger partial charge < -0.3 is 4.74 Å². The molecule has 1 heterocycles. The molecule has 0 spiro atoms. The zero-order valence-electron chi connectivity index (χ0n) is 12.1. The first kappa shape index (κ1) is 15.4. The molecule has 1 aromatic carbocycles. The van der Waals surface area contributed by atoms with Gasteiger partial charge in [0.25, 0.3) is 0 Å². The smallest absolute Gasteiger partial charge is 0.130 e. The molecule has 1 aliphatic heterocycles. The second kappa shape index (κ2) is 7.70. The van der Waals surface area contributed by atoms with E-state index in [4.69, 9.17) is 4.74 Å². The standard InChI is InChI=1S/C16H23F2NO/c1-20-10-4-6-13-5-3-9-19(11-13)12-14-15(17)7-2-8-16(14)18/h2,7-8,13H,3-6,9-12H2,1H3/t13-/m1/s1. The second-order valence-electron chi connectivity index (χ2n) is 5.58. The molecule has 0 N–H and O–H groups in total. The van der Waals surface area contributed by atoms with Crippen molar-refractivity contribution in [3.8, 4) is 0 Å². The molecule has 1 saturated heterocycles. The first-order chi connectivity index (χ1) is 9.70. The van der Waals surface area contributed by atoms with Gasteiger partial charge in [0.05, 0.1) is 0 Å². The molecule has 1 atom stereocenters. The van der Waals surface area contributed by atoms with Crippen molar-refractivity contribution in [3.05, 3.63) is 35.4 Å². The summed E-state index contributed by atoms with van der Waals surface area (Å²) in [6, 6.07) is 4.08. The molecular weight excluding hydrogens is 260 g/mol. The SMILES string of the molecule is COCCC[C@H]1CCCN(Cc2c(F)cccc2F)C1. The summed E-state index contributed by atoms with van der Waals surface area (Å²) in [6.45, 7) is 3.02. The van der Waals surface area contributed by atoms with Crippen LogP contribution in [0.1, 0.15) is 31.2 Å². The Kier molecular flexibility index (Phi) is 5.92. The summed E-state index contributed by atoms with van der Waals surface area (Å²) in [5.41, 5.74) is 0.199. The minimum Gasteiger partial charge on any atom is -0.385 e. The van der Waals surface area contributed by atoms with Crippen molar-refractivity contribution < 1.29 is 13.5 Å². The van der Waals surface area contributed by atoms with Gasteiger partial charge in [-0.05, 0) is 50.3 Å². The quantitative estimate of drug-likeness (QED) is 0.740. The van der Waals surface area contributed by atoms with E-state index < -0.39 is 11.6 Å². The van der Waals surface area contributed by atoms with Gasteiger partial charge in [-0.1, -0.05) is 6.07 Å². The van der Waals surface area contributed by atoms with Crippen LogP contribution in [-0.4, -0.2) is 31.7 Å². The number of hydrogen-bond acceptors (Lipinski definition) is 2. The van der Waals surface area contributed by atoms with Crippen LogP contribution in [0.2, 0.25) is 0 Å². The van der Waals surface area contributed by atoms with E-state index in [1.807, 2.05) is 0 Å². The summed E-state index contributed by atoms with van der Waals surface area (Å²) in [7, 11) is 1.72. The van der Waals surface area contributed by atoms with Gasteiger partial charge in [0.15, 0.2) is 0 Å². The Morgan fingerprint density at radius 2 is 2.05 bits per heavy atom. The number of methoxy groups -OCH3 is 1. The molecule has 1 fully saturated rings. The minimum absolute atomic E-state index is 0.199. The van der Waals surface area contributed by atoms with Gasteiger partial charge in [-0.3, -0.25) is 4.90 Å². The van der Waals surface area contributed by atoms with E-state index in [9.17, 15) is 8.78 Å². The molecule has 0 unspecified atom stereocenters. The number of nitrogens with zero attached hydrogens (tertiary/aromatic N) is 1. The molecule has 4 heteroatoms. The number of halogens is 2. The second-order valence-corrected chi connectivity index (χ2v) is 5.58. The van der Waals surface area contributed by atoms with Gasteiger partial charge >= 0.3 is 0 Å². The van der Waals surface area contributed by atoms with Crippen LogP contribution in [0.15, 0.2) is 18.2 Å². The number of benzene rings is 1. The minimum atomic E-state index is -0.438. The molecule has 2 rings (SSSR count). The van der Waals surface area contributed by atoms with Crippen molar-refractivity contribution in [3.63, 3.8) is 0 Å². The first-order valence-corrected chi connectivity index (χ1v) is 7.35. The van der Waals surface area contributed by atoms with E-state index in [0.29, 0.717) is 12.5 Å². The summed E-state index contributed by atoms with van der Waals surface area (Å²) in [5, 5.41) is 0. The summed E-state index contributed by atoms with van der Waals surface area (Å²) in [4.78, 5) is 2.17. The van der Waals surface area contributed by atoms with Crippen LogP contribution < -0.4 is 0 Å². The van der Waals surface area contributed by atoms with Crippen molar-refractivity contribution >= 4 is 0 Å². The topological polar surface area (TPSA) is 12.5 Å². The third kappa shape index (κ3) is 4.25. The zero-order chi connectivity index (χ0) is 14.4. The predicted molar refractivity (Wildman–Crippen MR) is 75.5 cm³/mol. The normalized spacial score (nSPS) is 20.2. The van der Waals surface area contributed by atoms with Gasteiger partial charge in [-0.2, -0.15) is 0 Å². The Hall–Kier alpha value is -1.00. The van der Waals surface area contributed by atoms with E-state index >= 15 is 0 Å². The molecule has 0 bridgehead atoms. The van der Waals surface area contributed by atoms with E-state index in [1.54, 1.807) is 7.11 Å². The molecule has 0 radical (unpaired) electrons. The van der Waals surface area contributed by atoms with Crippen LogP contribution >= 0.6 is 0 Å². The Bertz CT molecular complexity index is 405. The third-order valence-electron chi connectivity index (χ3n) is 4.01. The molecule has 112 valence electrons. The number of hydrogen-bond donors (Lipinski definition) is 0. The van der Waals surface area contributed by atoms with E-state index in [0.717, 1.165) is 39.0 Å². The molecule has 0 aromatic heterocycles. The van der Waals surface area contributed by atoms with Crippen molar-refractivity contribution in [1.82, 2.24) is 4.90 Å². The Morgan fingerprint density at radius 3 is 2.75 bits per heavy atom. The average Bonchev–Trinajstić information content (AvgIpc) is 2.44. The lowest BCUT2D eigenvalue weighted by molar-refractivity contribution is 0.140. The summed E-state index contributed by atoms with van der Waals surface area (Å²) >= 11 is 0. The largest absolute Gasteiger partial charge is 0.385 e. The van der Waals surface area contributed by atoms with Gasteiger partial charge in [0.1, 0.15) is 11.6 Å². The highest BCUT2D eigenvalue weighted by Gasteiger charge is 2.21. The predicted octanol–water partition coefficient (Wildman–Crippen LogP) is 3.60. The van der Waals surface area contributed by atoms with Crippen LogP contribution in [0.25, 0.3) is 0 Å². The lowest BCUT2D eigenvalue weighted by atomic mass is 9.93. The van der Waals surface area contributed by atoms with Crippen LogP contribution in [0, 0.1) is 17.6 Å². The lowest BCUT2D eigenvalue weighted by Gasteiger charge is -2.33. The lowest BCUT2D eigenvalue weighted by Crippen LogP contribution is -2.35. The van der Waals surface area contributed by atoms with Crippen LogP contribution in [-0.2, 0) is 11.3 Å². The first-order valence-electron chi connectivity index (χ1n) is 7.35. The highest BCUT2D eigenvalue weighted by molar-refractivity contribution is 5.19. The molecule has 20 heavy (non-hydrogen) atoms. The highest BCUT2D eigenvalue weighted by Crippen LogP contribution is 2.23. The van der Waals surface area contributed by atoms with E-state index in [-0.39, 0.29) is 5.56 Å². The van der Waals surface area contributed by atoms with Crippen LogP contribution in [0.3, 0.4) is 0 Å². The molecular formula is C16H23F2NO. The van der Waals surface area contributed by atoms with Gasteiger partial charge in [-0.15, -0.1) is 0 Å². The van der Waals surface area contributed by atoms with Gasteiger partial charge in [0, 0.05) is 32.4 Å². The fourth-order valence-electron chi connectivity index (χ4n) is 2.95. The Balaban J connectivity index is 1.89. The maximum Gasteiger partial charge on any atom is 0.130 e. The maximum atomic E-state index is 13.7. The Morgan fingerprint density at radius 1 is 1.30 bits per heavy atom. The molecule has 1 aliphatic rings. The summed E-state index contributed by atoms with van der Waals surface area (Å²) in [5.74, 6) is -0.258. The number of likely N-dealkylation sites (tertiary alicyclic amines) is 1. The fraction of sp³-hybridized carbons (Fsp3) is 0.625. The van der Waals surface area contributed by atoms with Gasteiger partial charge in [0.2, 0.25) is 0 Å². The van der Waals surface area contributed by atoms with E-state index in [2.05, 4.69) is 4.90 Å². The molecule has 0 amide bonds. The molecule has 1 aromatic rings. The number of piperidine rings is 1. The molecule has 0 saturated carbocycles. The van der Waals surface area contributed by atoms with Crippen molar-refractivity contribution in [1.29, 1.82) is 0 Å². The van der Waals surface area contributed by atoms with E-state index in [1.165, 1.54) is 24.6 Å². The maximum absolute atomic E-state index is 13.7. The van der Waals surface area contributed by atoms with Crippen molar-refractivity contribution in [2.24, 2.45) is 5.92 Å². The monoisotopic (exact) mass is 283 g/mol. The number of ether oxygens (including phenoxy) is 1. The Labute approximate surface area is 119 Å². The average molecular weight is 283 g/mol. The van der Waals surface area contributed by atoms with Crippen LogP contribution in [0.5, 0.6) is 0 Å². The molecule has 0 aliphatic carbocycles.